The Morgan fingerprint density at radius 1 is 0.790 bits per heavy atom. The number of alkyl carbamates (subject to hydrolysis) is 2. The van der Waals surface area contributed by atoms with Crippen LogP contribution in [-0.2, 0) is 19.1 Å². The van der Waals surface area contributed by atoms with E-state index in [-0.39, 0.29) is 30.3 Å². The molecule has 5 aromatic rings. The molecule has 0 bridgehead atoms. The molecule has 14 nitrogen and oxygen atoms in total. The number of β-amino-alcohol motifs (C(OH)–C–C–N with tert-alkyl or cyclic N) is 1. The Balaban J connectivity index is 0.920. The summed E-state index contributed by atoms with van der Waals surface area (Å²) in [5.74, 6) is -0.107. The van der Waals surface area contributed by atoms with E-state index in [2.05, 4.69) is 75.2 Å². The van der Waals surface area contributed by atoms with E-state index in [4.69, 9.17) is 14.5 Å². The van der Waals surface area contributed by atoms with Crippen molar-refractivity contribution >= 4 is 46.1 Å². The SMILES string of the molecule is COC(=O)N[C@H](C(=O)N1C[C@@H](O)C[C@H]1c1ncc(-c2ccc3cc(-c4ccc(C5=CN=C([C@@H]6CCCN6C(=O)[C@H](NC(=O)OC)c6ccccc6)C5)cc4)ccc3c2)[nH]1)C(C)C. The molecule has 0 saturated carbocycles. The number of aliphatic hydroxyl groups excluding tert-OH is 1. The molecule has 1 aromatic heterocycles. The predicted octanol–water partition coefficient (Wildman–Crippen LogP) is 7.19. The van der Waals surface area contributed by atoms with Gasteiger partial charge in [0.15, 0.2) is 0 Å². The van der Waals surface area contributed by atoms with E-state index in [1.54, 1.807) is 11.1 Å². The number of fused-ring (bicyclic) bond motifs is 1. The van der Waals surface area contributed by atoms with Gasteiger partial charge in [0.2, 0.25) is 11.8 Å². The number of imidazole rings is 1. The number of hydrogen-bond acceptors (Lipinski definition) is 9. The molecule has 0 unspecified atom stereocenters. The fourth-order valence-corrected chi connectivity index (χ4v) is 8.80. The molecule has 0 spiro atoms. The molecule has 4 aromatic carbocycles. The summed E-state index contributed by atoms with van der Waals surface area (Å²) in [5.41, 5.74) is 7.68. The number of amides is 4. The minimum atomic E-state index is -0.860. The highest BCUT2D eigenvalue weighted by Gasteiger charge is 2.41. The van der Waals surface area contributed by atoms with Crippen molar-refractivity contribution in [2.75, 3.05) is 27.3 Å². The molecule has 0 aliphatic carbocycles. The van der Waals surface area contributed by atoms with Crippen molar-refractivity contribution in [1.82, 2.24) is 30.4 Å². The van der Waals surface area contributed by atoms with Crippen LogP contribution in [0.2, 0.25) is 0 Å². The number of rotatable bonds is 11. The lowest BCUT2D eigenvalue weighted by Crippen LogP contribution is -2.51. The van der Waals surface area contributed by atoms with Crippen LogP contribution in [0.3, 0.4) is 0 Å². The molecular formula is C48H51N7O7. The molecular weight excluding hydrogens is 787 g/mol. The number of ether oxygens (including phenoxy) is 2. The van der Waals surface area contributed by atoms with Crippen molar-refractivity contribution in [3.05, 3.63) is 120 Å². The van der Waals surface area contributed by atoms with Gasteiger partial charge in [0, 0.05) is 43.4 Å². The van der Waals surface area contributed by atoms with Crippen LogP contribution < -0.4 is 10.6 Å². The first-order chi connectivity index (χ1) is 30.0. The largest absolute Gasteiger partial charge is 0.453 e. The van der Waals surface area contributed by atoms with Gasteiger partial charge in [0.05, 0.1) is 44.3 Å². The summed E-state index contributed by atoms with van der Waals surface area (Å²) in [7, 11) is 2.54. The monoisotopic (exact) mass is 837 g/mol. The van der Waals surface area contributed by atoms with Gasteiger partial charge in [0.25, 0.3) is 0 Å². The van der Waals surface area contributed by atoms with Crippen molar-refractivity contribution in [3.8, 4) is 22.4 Å². The Morgan fingerprint density at radius 3 is 2.16 bits per heavy atom. The second-order valence-corrected chi connectivity index (χ2v) is 16.4. The number of benzene rings is 4. The van der Waals surface area contributed by atoms with Crippen LogP contribution in [0.1, 0.15) is 68.6 Å². The van der Waals surface area contributed by atoms with Crippen LogP contribution in [0.5, 0.6) is 0 Å². The number of likely N-dealkylation sites (tertiary alicyclic amines) is 2. The molecule has 4 heterocycles. The van der Waals surface area contributed by atoms with Gasteiger partial charge in [-0.25, -0.2) is 14.6 Å². The van der Waals surface area contributed by atoms with Crippen molar-refractivity contribution in [2.24, 2.45) is 10.9 Å². The second kappa shape index (κ2) is 18.0. The number of nitrogens with one attached hydrogen (secondary N) is 3. The normalized spacial score (nSPS) is 19.5. The molecule has 0 radical (unpaired) electrons. The zero-order chi connectivity index (χ0) is 43.5. The first kappa shape index (κ1) is 41.9. The molecule has 320 valence electrons. The van der Waals surface area contributed by atoms with E-state index in [0.29, 0.717) is 30.8 Å². The zero-order valence-electron chi connectivity index (χ0n) is 35.2. The van der Waals surface area contributed by atoms with E-state index < -0.39 is 36.4 Å². The standard InChI is InChI=1S/C48H51N7O7/c1-28(2)42(52-47(59)61-3)45(57)55-27-37(56)24-41(55)44-50-26-39(51-44)35-19-18-33-21-32(16-17-34(33)22-35)29-12-14-30(15-13-29)36-23-38(49-25-36)40-11-8-20-54(40)46(58)43(53-48(60)62-4)31-9-6-5-7-10-31/h5-7,9-10,12-19,21-22,25-26,28,37,40-43,56H,8,11,20,23-24,27H2,1-4H3,(H,50,51)(H,52,59)(H,53,60)/t37-,40-,41-,42-,43+/m0/s1. The molecule has 62 heavy (non-hydrogen) atoms. The van der Waals surface area contributed by atoms with Gasteiger partial charge in [-0.3, -0.25) is 14.6 Å². The van der Waals surface area contributed by atoms with Gasteiger partial charge in [-0.1, -0.05) is 92.7 Å². The number of nitrogens with zero attached hydrogens (tertiary/aromatic N) is 4. The van der Waals surface area contributed by atoms with Gasteiger partial charge in [-0.15, -0.1) is 0 Å². The lowest BCUT2D eigenvalue weighted by molar-refractivity contribution is -0.136. The lowest BCUT2D eigenvalue weighted by atomic mass is 9.95. The van der Waals surface area contributed by atoms with Gasteiger partial charge in [0.1, 0.15) is 17.9 Å². The first-order valence-corrected chi connectivity index (χ1v) is 21.0. The van der Waals surface area contributed by atoms with Crippen LogP contribution in [0.4, 0.5) is 9.59 Å². The minimum absolute atomic E-state index is 0.138. The summed E-state index contributed by atoms with van der Waals surface area (Å²) >= 11 is 0. The first-order valence-electron chi connectivity index (χ1n) is 21.0. The van der Waals surface area contributed by atoms with Crippen LogP contribution in [0, 0.1) is 5.92 Å². The molecule has 3 aliphatic heterocycles. The van der Waals surface area contributed by atoms with E-state index in [0.717, 1.165) is 62.8 Å². The van der Waals surface area contributed by atoms with E-state index >= 15 is 0 Å². The maximum absolute atomic E-state index is 13.9. The van der Waals surface area contributed by atoms with Crippen LogP contribution in [-0.4, -0.2) is 100 Å². The fraction of sp³-hybridized carbons (Fsp3) is 0.333. The number of carbonyl (C=O) groups excluding carboxylic acids is 4. The maximum Gasteiger partial charge on any atom is 0.407 e. The number of aromatic amines is 1. The van der Waals surface area contributed by atoms with E-state index in [1.807, 2.05) is 61.3 Å². The highest BCUT2D eigenvalue weighted by Crippen LogP contribution is 2.36. The van der Waals surface area contributed by atoms with Gasteiger partial charge in [-0.2, -0.15) is 0 Å². The van der Waals surface area contributed by atoms with Gasteiger partial charge >= 0.3 is 12.2 Å². The number of aliphatic imine (C=N–C) groups is 1. The van der Waals surface area contributed by atoms with Crippen molar-refractivity contribution in [2.45, 2.75) is 69.8 Å². The summed E-state index contributed by atoms with van der Waals surface area (Å²) in [5, 5.41) is 18.1. The average Bonchev–Trinajstić information content (AvgIpc) is 4.14. The number of allylic oxidation sites excluding steroid dienone is 1. The molecule has 2 fully saturated rings. The highest BCUT2D eigenvalue weighted by molar-refractivity contribution is 6.04. The van der Waals surface area contributed by atoms with Gasteiger partial charge in [-0.05, 0) is 69.5 Å². The van der Waals surface area contributed by atoms with Crippen LogP contribution >= 0.6 is 0 Å². The number of hydrogen-bond donors (Lipinski definition) is 4. The summed E-state index contributed by atoms with van der Waals surface area (Å²) < 4.78 is 9.59. The van der Waals surface area contributed by atoms with Crippen molar-refractivity contribution < 1.29 is 33.8 Å². The lowest BCUT2D eigenvalue weighted by Gasteiger charge is -2.29. The number of methoxy groups -OCH3 is 2. The van der Waals surface area contributed by atoms with Crippen molar-refractivity contribution in [1.29, 1.82) is 0 Å². The number of carbonyl (C=O) groups is 4. The Hall–Kier alpha value is -6.80. The minimum Gasteiger partial charge on any atom is -0.453 e. The molecule has 2 saturated heterocycles. The quantitative estimate of drug-likeness (QED) is 0.108. The molecule has 5 atom stereocenters. The molecule has 3 aliphatic rings. The molecule has 8 rings (SSSR count). The smallest absolute Gasteiger partial charge is 0.407 e. The topological polar surface area (TPSA) is 179 Å². The van der Waals surface area contributed by atoms with Crippen molar-refractivity contribution in [3.63, 3.8) is 0 Å². The predicted molar refractivity (Wildman–Crippen MR) is 236 cm³/mol. The summed E-state index contributed by atoms with van der Waals surface area (Å²) in [6.07, 6.45) is 4.20. The second-order valence-electron chi connectivity index (χ2n) is 16.4. The highest BCUT2D eigenvalue weighted by atomic mass is 16.5. The Bertz CT molecular complexity index is 2530. The third-order valence-corrected chi connectivity index (χ3v) is 12.1. The molecule has 14 heteroatoms. The average molecular weight is 838 g/mol. The summed E-state index contributed by atoms with van der Waals surface area (Å²) in [6, 6.07) is 28.0. The number of H-pyrrole nitrogens is 1. The summed E-state index contributed by atoms with van der Waals surface area (Å²) in [4.78, 5) is 68.1. The number of aliphatic hydroxyl groups is 1. The van der Waals surface area contributed by atoms with E-state index in [1.165, 1.54) is 14.2 Å². The van der Waals surface area contributed by atoms with Gasteiger partial charge < -0.3 is 40.0 Å². The summed E-state index contributed by atoms with van der Waals surface area (Å²) in [6.45, 7) is 4.42. The zero-order valence-corrected chi connectivity index (χ0v) is 35.2. The number of aromatic nitrogens is 2. The van der Waals surface area contributed by atoms with E-state index in [9.17, 15) is 24.3 Å². The molecule has 4 amide bonds. The fourth-order valence-electron chi connectivity index (χ4n) is 8.80. The third-order valence-electron chi connectivity index (χ3n) is 12.1. The third kappa shape index (κ3) is 8.68. The van der Waals surface area contributed by atoms with Crippen LogP contribution in [0.25, 0.3) is 38.7 Å². The maximum atomic E-state index is 13.9. The Labute approximate surface area is 360 Å². The Morgan fingerprint density at radius 2 is 1.45 bits per heavy atom. The van der Waals surface area contributed by atoms with Crippen LogP contribution in [0.15, 0.2) is 108 Å². The molecule has 4 N–H and O–H groups in total. The Kier molecular flexibility index (Phi) is 12.2.